The predicted molar refractivity (Wildman–Crippen MR) is 72.4 cm³/mol. The summed E-state index contributed by atoms with van der Waals surface area (Å²) in [6.45, 7) is 0.288. The van der Waals surface area contributed by atoms with E-state index in [1.807, 2.05) is 0 Å². The summed E-state index contributed by atoms with van der Waals surface area (Å²) in [6.07, 6.45) is -0.224. The van der Waals surface area contributed by atoms with Gasteiger partial charge in [-0.15, -0.1) is 0 Å². The van der Waals surface area contributed by atoms with Gasteiger partial charge in [0, 0.05) is 6.42 Å². The Bertz CT molecular complexity index is 517. The van der Waals surface area contributed by atoms with Crippen LogP contribution in [-0.2, 0) is 9.59 Å². The van der Waals surface area contributed by atoms with Crippen LogP contribution in [0.1, 0.15) is 26.7 Å². The second-order valence-electron chi connectivity index (χ2n) is 5.33. The Kier molecular flexibility index (Phi) is 5.63. The standard InChI is InChI=1S/C14H17F2NO4/c1-14(2,8-12(19)20)7-11(18)17-9-5-3-4-6-10(9)21-13(15)16/h3-6,13H,7-8H2,1-2H3,(H,17,18)(H,19,20). The molecule has 1 aromatic rings. The van der Waals surface area contributed by atoms with Gasteiger partial charge >= 0.3 is 12.6 Å². The van der Waals surface area contributed by atoms with Crippen molar-refractivity contribution in [2.45, 2.75) is 33.3 Å². The van der Waals surface area contributed by atoms with Crippen molar-refractivity contribution in [1.82, 2.24) is 0 Å². The highest BCUT2D eigenvalue weighted by atomic mass is 19.3. The first-order chi connectivity index (χ1) is 9.69. The van der Waals surface area contributed by atoms with Crippen LogP contribution in [0, 0.1) is 5.41 Å². The van der Waals surface area contributed by atoms with Gasteiger partial charge in [0.1, 0.15) is 5.75 Å². The van der Waals surface area contributed by atoms with Crippen molar-refractivity contribution in [3.8, 4) is 5.75 Å². The average Bonchev–Trinajstić information content (AvgIpc) is 2.28. The molecule has 0 saturated heterocycles. The summed E-state index contributed by atoms with van der Waals surface area (Å²) < 4.78 is 28.8. The number of hydrogen-bond acceptors (Lipinski definition) is 3. The number of carbonyl (C=O) groups excluding carboxylic acids is 1. The van der Waals surface area contributed by atoms with Crippen LogP contribution in [0.25, 0.3) is 0 Å². The number of carboxylic acid groups (broad SMARTS) is 1. The third-order valence-corrected chi connectivity index (χ3v) is 2.65. The number of carboxylic acids is 1. The maximum Gasteiger partial charge on any atom is 0.387 e. The molecule has 0 saturated carbocycles. The van der Waals surface area contributed by atoms with E-state index in [0.717, 1.165) is 0 Å². The van der Waals surface area contributed by atoms with Crippen LogP contribution in [-0.4, -0.2) is 23.6 Å². The predicted octanol–water partition coefficient (Wildman–Crippen LogP) is 3.12. The number of amides is 1. The number of hydrogen-bond donors (Lipinski definition) is 2. The zero-order chi connectivity index (χ0) is 16.0. The van der Waals surface area contributed by atoms with E-state index in [4.69, 9.17) is 5.11 Å². The number of halogens is 2. The van der Waals surface area contributed by atoms with E-state index in [2.05, 4.69) is 10.1 Å². The van der Waals surface area contributed by atoms with Gasteiger partial charge in [-0.2, -0.15) is 8.78 Å². The minimum Gasteiger partial charge on any atom is -0.481 e. The van der Waals surface area contributed by atoms with Crippen LogP contribution in [0.2, 0.25) is 0 Å². The smallest absolute Gasteiger partial charge is 0.387 e. The van der Waals surface area contributed by atoms with E-state index in [0.29, 0.717) is 0 Å². The van der Waals surface area contributed by atoms with Crippen molar-refractivity contribution < 1.29 is 28.2 Å². The van der Waals surface area contributed by atoms with Crippen LogP contribution in [0.3, 0.4) is 0 Å². The second kappa shape index (κ2) is 7.01. The van der Waals surface area contributed by atoms with E-state index in [1.165, 1.54) is 18.2 Å². The molecule has 0 unspecified atom stereocenters. The Morgan fingerprint density at radius 2 is 1.90 bits per heavy atom. The van der Waals surface area contributed by atoms with Crippen molar-refractivity contribution in [2.75, 3.05) is 5.32 Å². The van der Waals surface area contributed by atoms with E-state index < -0.39 is 23.9 Å². The van der Waals surface area contributed by atoms with E-state index in [-0.39, 0.29) is 24.3 Å². The number of anilines is 1. The third kappa shape index (κ3) is 6.20. The van der Waals surface area contributed by atoms with Crippen LogP contribution < -0.4 is 10.1 Å². The molecule has 2 N–H and O–H groups in total. The first-order valence-corrected chi connectivity index (χ1v) is 6.25. The fourth-order valence-electron chi connectivity index (χ4n) is 1.87. The van der Waals surface area contributed by atoms with Crippen molar-refractivity contribution >= 4 is 17.6 Å². The molecular weight excluding hydrogens is 284 g/mol. The summed E-state index contributed by atoms with van der Waals surface area (Å²) in [4.78, 5) is 22.6. The molecule has 0 spiro atoms. The molecule has 0 heterocycles. The van der Waals surface area contributed by atoms with Crippen LogP contribution >= 0.6 is 0 Å². The monoisotopic (exact) mass is 301 g/mol. The lowest BCUT2D eigenvalue weighted by Gasteiger charge is -2.21. The van der Waals surface area contributed by atoms with Gasteiger partial charge in [-0.3, -0.25) is 9.59 Å². The van der Waals surface area contributed by atoms with Gasteiger partial charge in [0.25, 0.3) is 0 Å². The number of rotatable bonds is 7. The molecule has 1 amide bonds. The molecule has 0 radical (unpaired) electrons. The molecule has 21 heavy (non-hydrogen) atoms. The lowest BCUT2D eigenvalue weighted by molar-refractivity contribution is -0.139. The lowest BCUT2D eigenvalue weighted by Crippen LogP contribution is -2.25. The molecule has 5 nitrogen and oxygen atoms in total. The zero-order valence-corrected chi connectivity index (χ0v) is 11.7. The molecule has 1 rings (SSSR count). The summed E-state index contributed by atoms with van der Waals surface area (Å²) in [7, 11) is 0. The molecule has 1 aromatic carbocycles. The Balaban J connectivity index is 2.73. The zero-order valence-electron chi connectivity index (χ0n) is 11.7. The van der Waals surface area contributed by atoms with Gasteiger partial charge < -0.3 is 15.2 Å². The summed E-state index contributed by atoms with van der Waals surface area (Å²) in [5.74, 6) is -1.61. The SMILES string of the molecule is CC(C)(CC(=O)O)CC(=O)Nc1ccccc1OC(F)F. The highest BCUT2D eigenvalue weighted by molar-refractivity contribution is 5.92. The summed E-state index contributed by atoms with van der Waals surface area (Å²) >= 11 is 0. The molecule has 0 atom stereocenters. The first kappa shape index (κ1) is 16.9. The van der Waals surface area contributed by atoms with Gasteiger partial charge in [0.15, 0.2) is 0 Å². The summed E-state index contributed by atoms with van der Waals surface area (Å²) in [5, 5.41) is 11.2. The van der Waals surface area contributed by atoms with Gasteiger partial charge in [-0.1, -0.05) is 26.0 Å². The first-order valence-electron chi connectivity index (χ1n) is 6.25. The molecule has 0 bridgehead atoms. The van der Waals surface area contributed by atoms with Crippen molar-refractivity contribution in [2.24, 2.45) is 5.41 Å². The minimum atomic E-state index is -2.99. The van der Waals surface area contributed by atoms with E-state index in [1.54, 1.807) is 19.9 Å². The van der Waals surface area contributed by atoms with E-state index >= 15 is 0 Å². The molecular formula is C14H17F2NO4. The van der Waals surface area contributed by atoms with Crippen LogP contribution in [0.15, 0.2) is 24.3 Å². The van der Waals surface area contributed by atoms with Gasteiger partial charge in [0.2, 0.25) is 5.91 Å². The van der Waals surface area contributed by atoms with Crippen molar-refractivity contribution in [3.05, 3.63) is 24.3 Å². The molecule has 0 aliphatic rings. The van der Waals surface area contributed by atoms with Gasteiger partial charge in [0.05, 0.1) is 12.1 Å². The highest BCUT2D eigenvalue weighted by Gasteiger charge is 2.25. The molecule has 0 aromatic heterocycles. The Morgan fingerprint density at radius 3 is 2.48 bits per heavy atom. The molecule has 0 fully saturated rings. The molecule has 116 valence electrons. The molecule has 0 aliphatic carbocycles. The Morgan fingerprint density at radius 1 is 1.29 bits per heavy atom. The average molecular weight is 301 g/mol. The largest absolute Gasteiger partial charge is 0.481 e. The van der Waals surface area contributed by atoms with Gasteiger partial charge in [-0.05, 0) is 17.5 Å². The quantitative estimate of drug-likeness (QED) is 0.811. The number of carbonyl (C=O) groups is 2. The fraction of sp³-hybridized carbons (Fsp3) is 0.429. The topological polar surface area (TPSA) is 75.6 Å². The maximum atomic E-state index is 12.3. The number of alkyl halides is 2. The third-order valence-electron chi connectivity index (χ3n) is 2.65. The molecule has 7 heteroatoms. The van der Waals surface area contributed by atoms with Crippen LogP contribution in [0.5, 0.6) is 5.75 Å². The fourth-order valence-corrected chi connectivity index (χ4v) is 1.87. The highest BCUT2D eigenvalue weighted by Crippen LogP contribution is 2.29. The second-order valence-corrected chi connectivity index (χ2v) is 5.33. The Labute approximate surface area is 120 Å². The number of ether oxygens (including phenoxy) is 1. The van der Waals surface area contributed by atoms with Crippen LogP contribution in [0.4, 0.5) is 14.5 Å². The summed E-state index contributed by atoms with van der Waals surface area (Å²) in [5.41, 5.74) is -0.622. The number of aliphatic carboxylic acids is 1. The normalized spacial score (nSPS) is 11.3. The molecule has 0 aliphatic heterocycles. The van der Waals surface area contributed by atoms with Crippen molar-refractivity contribution in [3.63, 3.8) is 0 Å². The van der Waals surface area contributed by atoms with E-state index in [9.17, 15) is 18.4 Å². The van der Waals surface area contributed by atoms with Crippen molar-refractivity contribution in [1.29, 1.82) is 0 Å². The lowest BCUT2D eigenvalue weighted by atomic mass is 9.85. The maximum absolute atomic E-state index is 12.3. The minimum absolute atomic E-state index is 0.0533. The Hall–Kier alpha value is -2.18. The number of para-hydroxylation sites is 2. The number of nitrogens with one attached hydrogen (secondary N) is 1. The van der Waals surface area contributed by atoms with Gasteiger partial charge in [-0.25, -0.2) is 0 Å². The number of benzene rings is 1. The summed E-state index contributed by atoms with van der Waals surface area (Å²) in [6, 6.07) is 5.81.